The van der Waals surface area contributed by atoms with Crippen LogP contribution in [-0.2, 0) is 22.3 Å². The number of morpholine rings is 1. The minimum Gasteiger partial charge on any atom is -0.372 e. The van der Waals surface area contributed by atoms with Crippen molar-refractivity contribution >= 4 is 5.91 Å². The molecule has 0 saturated carbocycles. The average Bonchev–Trinajstić information content (AvgIpc) is 2.52. The van der Waals surface area contributed by atoms with E-state index >= 15 is 0 Å². The van der Waals surface area contributed by atoms with Gasteiger partial charge in [-0.25, -0.2) is 0 Å². The van der Waals surface area contributed by atoms with E-state index in [1.54, 1.807) is 29.8 Å². The van der Waals surface area contributed by atoms with Gasteiger partial charge in [0, 0.05) is 19.6 Å². The van der Waals surface area contributed by atoms with Gasteiger partial charge in [0.15, 0.2) is 0 Å². The quantitative estimate of drug-likeness (QED) is 0.829. The van der Waals surface area contributed by atoms with E-state index < -0.39 is 17.8 Å². The van der Waals surface area contributed by atoms with Gasteiger partial charge in [-0.1, -0.05) is 18.2 Å². The molecule has 7 heteroatoms. The van der Waals surface area contributed by atoms with Crippen LogP contribution in [0.5, 0.6) is 0 Å². The number of hydrogen-bond acceptors (Lipinski definition) is 3. The molecule has 25 heavy (non-hydrogen) atoms. The third kappa shape index (κ3) is 4.95. The first-order valence-electron chi connectivity index (χ1n) is 8.39. The second kappa shape index (κ2) is 7.74. The Bertz CT molecular complexity index is 596. The van der Waals surface area contributed by atoms with Crippen LogP contribution in [0.4, 0.5) is 13.2 Å². The highest BCUT2D eigenvalue weighted by atomic mass is 19.4. The molecule has 2 rings (SSSR count). The van der Waals surface area contributed by atoms with Crippen molar-refractivity contribution in [3.05, 3.63) is 35.4 Å². The zero-order chi connectivity index (χ0) is 18.8. The lowest BCUT2D eigenvalue weighted by atomic mass is 10.1. The molecule has 3 atom stereocenters. The van der Waals surface area contributed by atoms with E-state index in [0.29, 0.717) is 13.1 Å². The van der Waals surface area contributed by atoms with Gasteiger partial charge in [-0.3, -0.25) is 9.69 Å². The van der Waals surface area contributed by atoms with Crippen LogP contribution in [0.1, 0.15) is 31.9 Å². The lowest BCUT2D eigenvalue weighted by Crippen LogP contribution is -2.53. The van der Waals surface area contributed by atoms with Crippen LogP contribution in [0.25, 0.3) is 0 Å². The van der Waals surface area contributed by atoms with Crippen molar-refractivity contribution in [2.45, 2.75) is 51.7 Å². The highest BCUT2D eigenvalue weighted by molar-refractivity contribution is 5.81. The second-order valence-corrected chi connectivity index (χ2v) is 6.75. The third-order valence-corrected chi connectivity index (χ3v) is 4.49. The molecular formula is C18H25F3N2O2. The van der Waals surface area contributed by atoms with Crippen molar-refractivity contribution in [3.63, 3.8) is 0 Å². The zero-order valence-electron chi connectivity index (χ0n) is 15.0. The number of ether oxygens (including phenoxy) is 1. The maximum atomic E-state index is 13.1. The predicted octanol–water partition coefficient (Wildman–Crippen LogP) is 3.16. The Morgan fingerprint density at radius 3 is 2.40 bits per heavy atom. The number of nitrogens with zero attached hydrogens (tertiary/aromatic N) is 2. The number of hydrogen-bond donors (Lipinski definition) is 0. The van der Waals surface area contributed by atoms with Crippen molar-refractivity contribution < 1.29 is 22.7 Å². The largest absolute Gasteiger partial charge is 0.416 e. The third-order valence-electron chi connectivity index (χ3n) is 4.49. The van der Waals surface area contributed by atoms with Gasteiger partial charge in [-0.05, 0) is 39.4 Å². The van der Waals surface area contributed by atoms with E-state index in [1.807, 2.05) is 13.8 Å². The Labute approximate surface area is 146 Å². The topological polar surface area (TPSA) is 32.8 Å². The van der Waals surface area contributed by atoms with Crippen LogP contribution >= 0.6 is 0 Å². The molecule has 140 valence electrons. The van der Waals surface area contributed by atoms with Gasteiger partial charge in [-0.15, -0.1) is 0 Å². The van der Waals surface area contributed by atoms with E-state index in [4.69, 9.17) is 4.74 Å². The van der Waals surface area contributed by atoms with Gasteiger partial charge in [0.2, 0.25) is 5.91 Å². The van der Waals surface area contributed by atoms with Crippen LogP contribution in [0.2, 0.25) is 0 Å². The number of alkyl halides is 3. The number of rotatable bonds is 4. The maximum absolute atomic E-state index is 13.1. The molecule has 0 radical (unpaired) electrons. The average molecular weight is 358 g/mol. The molecule has 1 amide bonds. The summed E-state index contributed by atoms with van der Waals surface area (Å²) in [5.74, 6) is -0.0889. The summed E-state index contributed by atoms with van der Waals surface area (Å²) in [6, 6.07) is 4.96. The van der Waals surface area contributed by atoms with Crippen LogP contribution in [-0.4, -0.2) is 54.1 Å². The summed E-state index contributed by atoms with van der Waals surface area (Å²) in [6.07, 6.45) is -4.49. The van der Waals surface area contributed by atoms with Crippen LogP contribution in [0, 0.1) is 0 Å². The predicted molar refractivity (Wildman–Crippen MR) is 89.0 cm³/mol. The number of carbonyl (C=O) groups excluding carboxylic acids is 1. The van der Waals surface area contributed by atoms with Gasteiger partial charge < -0.3 is 9.64 Å². The Kier molecular flexibility index (Phi) is 6.11. The molecule has 1 aromatic rings. The second-order valence-electron chi connectivity index (χ2n) is 6.75. The van der Waals surface area contributed by atoms with Gasteiger partial charge in [0.05, 0.1) is 23.8 Å². The molecule has 0 aromatic heterocycles. The zero-order valence-corrected chi connectivity index (χ0v) is 15.0. The number of halogens is 3. The van der Waals surface area contributed by atoms with Crippen molar-refractivity contribution in [1.29, 1.82) is 0 Å². The summed E-state index contributed by atoms with van der Waals surface area (Å²) in [6.45, 7) is 6.59. The first-order chi connectivity index (χ1) is 11.6. The molecule has 1 heterocycles. The Morgan fingerprint density at radius 1 is 1.28 bits per heavy atom. The first kappa shape index (κ1) is 19.7. The summed E-state index contributed by atoms with van der Waals surface area (Å²) < 4.78 is 45.0. The summed E-state index contributed by atoms with van der Waals surface area (Å²) in [7, 11) is 1.67. The highest BCUT2D eigenvalue weighted by Crippen LogP contribution is 2.32. The smallest absolute Gasteiger partial charge is 0.372 e. The van der Waals surface area contributed by atoms with Crippen molar-refractivity contribution in [1.82, 2.24) is 9.80 Å². The molecule has 1 fully saturated rings. The Balaban J connectivity index is 2.08. The fourth-order valence-electron chi connectivity index (χ4n) is 3.15. The number of amides is 1. The molecule has 1 aliphatic heterocycles. The number of benzene rings is 1. The first-order valence-corrected chi connectivity index (χ1v) is 8.39. The molecular weight excluding hydrogens is 333 g/mol. The molecule has 0 bridgehead atoms. The Morgan fingerprint density at radius 2 is 1.84 bits per heavy atom. The van der Waals surface area contributed by atoms with Crippen LogP contribution < -0.4 is 0 Å². The van der Waals surface area contributed by atoms with E-state index in [2.05, 4.69) is 0 Å². The molecule has 0 aliphatic carbocycles. The summed E-state index contributed by atoms with van der Waals surface area (Å²) in [5.41, 5.74) is -0.490. The van der Waals surface area contributed by atoms with Gasteiger partial charge in [0.25, 0.3) is 0 Å². The maximum Gasteiger partial charge on any atom is 0.416 e. The fraction of sp³-hybridized carbons (Fsp3) is 0.611. The monoisotopic (exact) mass is 358 g/mol. The molecule has 4 nitrogen and oxygen atoms in total. The fourth-order valence-corrected chi connectivity index (χ4v) is 3.15. The van der Waals surface area contributed by atoms with E-state index in [9.17, 15) is 18.0 Å². The van der Waals surface area contributed by atoms with Gasteiger partial charge >= 0.3 is 6.18 Å². The summed E-state index contributed by atoms with van der Waals surface area (Å²) in [5, 5.41) is 0. The van der Waals surface area contributed by atoms with Crippen molar-refractivity contribution in [2.24, 2.45) is 0 Å². The van der Waals surface area contributed by atoms with E-state index in [0.717, 1.165) is 6.07 Å². The highest BCUT2D eigenvalue weighted by Gasteiger charge is 2.34. The SMILES string of the molecule is CC1CN(C(=O)C(C)N(C)Cc2ccccc2C(F)(F)F)CC(C)O1. The molecule has 1 aromatic carbocycles. The van der Waals surface area contributed by atoms with Crippen molar-refractivity contribution in [2.75, 3.05) is 20.1 Å². The number of likely N-dealkylation sites (N-methyl/N-ethyl adjacent to an activating group) is 1. The Hall–Kier alpha value is -1.60. The number of carbonyl (C=O) groups is 1. The molecule has 3 unspecified atom stereocenters. The van der Waals surface area contributed by atoms with Gasteiger partial charge in [0.1, 0.15) is 0 Å². The van der Waals surface area contributed by atoms with Crippen molar-refractivity contribution in [3.8, 4) is 0 Å². The van der Waals surface area contributed by atoms with Crippen LogP contribution in [0.15, 0.2) is 24.3 Å². The molecule has 1 aliphatic rings. The molecule has 0 N–H and O–H groups in total. The van der Waals surface area contributed by atoms with Gasteiger partial charge in [-0.2, -0.15) is 13.2 Å². The summed E-state index contributed by atoms with van der Waals surface area (Å²) >= 11 is 0. The lowest BCUT2D eigenvalue weighted by Gasteiger charge is -2.38. The molecule has 0 spiro atoms. The van der Waals surface area contributed by atoms with E-state index in [1.165, 1.54) is 12.1 Å². The lowest BCUT2D eigenvalue weighted by molar-refractivity contribution is -0.148. The standard InChI is InChI=1S/C18H25F3N2O2/c1-12-9-23(10-13(2)25-12)17(24)14(3)22(4)11-15-7-5-6-8-16(15)18(19,20)21/h5-8,12-14H,9-11H2,1-4H3. The normalized spacial score (nSPS) is 23.0. The minimum absolute atomic E-state index is 0.0452. The minimum atomic E-state index is -4.40. The van der Waals surface area contributed by atoms with Crippen LogP contribution in [0.3, 0.4) is 0 Å². The van der Waals surface area contributed by atoms with E-state index in [-0.39, 0.29) is 30.2 Å². The summed E-state index contributed by atoms with van der Waals surface area (Å²) in [4.78, 5) is 16.1. The molecule has 1 saturated heterocycles.